The van der Waals surface area contributed by atoms with Gasteiger partial charge in [0.1, 0.15) is 6.61 Å². The van der Waals surface area contributed by atoms with Crippen LogP contribution in [-0.4, -0.2) is 63.7 Å². The van der Waals surface area contributed by atoms with Gasteiger partial charge in [-0.05, 0) is 12.8 Å². The zero-order valence-electron chi connectivity index (χ0n) is 12.2. The second-order valence-corrected chi connectivity index (χ2v) is 5.84. The van der Waals surface area contributed by atoms with E-state index in [-0.39, 0.29) is 5.91 Å². The highest BCUT2D eigenvalue weighted by Crippen LogP contribution is 2.32. The highest BCUT2D eigenvalue weighted by molar-refractivity contribution is 5.77. The number of hydrogen-bond acceptors (Lipinski definition) is 6. The van der Waals surface area contributed by atoms with Crippen molar-refractivity contribution >= 4 is 5.91 Å². The molecular formula is C14H22N4O3. The number of aliphatic hydroxyl groups excluding tert-OH is 1. The summed E-state index contributed by atoms with van der Waals surface area (Å²) >= 11 is 0. The molecule has 0 bridgehead atoms. The molecule has 1 amide bonds. The molecule has 116 valence electrons. The first kappa shape index (κ1) is 14.5. The molecule has 2 heterocycles. The van der Waals surface area contributed by atoms with Gasteiger partial charge in [-0.2, -0.15) is 4.98 Å². The van der Waals surface area contributed by atoms with Crippen LogP contribution >= 0.6 is 0 Å². The van der Waals surface area contributed by atoms with Crippen molar-refractivity contribution in [2.45, 2.75) is 38.1 Å². The average molecular weight is 294 g/mol. The molecule has 21 heavy (non-hydrogen) atoms. The van der Waals surface area contributed by atoms with Crippen molar-refractivity contribution in [1.82, 2.24) is 19.9 Å². The molecule has 1 saturated heterocycles. The first-order chi connectivity index (χ1) is 10.3. The minimum absolute atomic E-state index is 0.198. The van der Waals surface area contributed by atoms with Crippen LogP contribution in [-0.2, 0) is 11.3 Å². The van der Waals surface area contributed by atoms with Gasteiger partial charge in [-0.15, -0.1) is 0 Å². The number of aromatic nitrogens is 2. The van der Waals surface area contributed by atoms with Crippen molar-refractivity contribution in [2.75, 3.05) is 32.8 Å². The lowest BCUT2D eigenvalue weighted by atomic mass is 10.1. The molecule has 0 atom stereocenters. The fourth-order valence-electron chi connectivity index (χ4n) is 3.13. The third kappa shape index (κ3) is 3.41. The van der Waals surface area contributed by atoms with E-state index in [0.717, 1.165) is 18.9 Å². The smallest absolute Gasteiger partial charge is 0.248 e. The van der Waals surface area contributed by atoms with Crippen LogP contribution in [0.15, 0.2) is 4.52 Å². The lowest BCUT2D eigenvalue weighted by Crippen LogP contribution is -2.49. The first-order valence-electron chi connectivity index (χ1n) is 7.69. The van der Waals surface area contributed by atoms with Crippen molar-refractivity contribution in [3.8, 4) is 0 Å². The monoisotopic (exact) mass is 294 g/mol. The van der Waals surface area contributed by atoms with E-state index in [4.69, 9.17) is 9.63 Å². The standard InChI is InChI=1S/C14H22N4O3/c19-10-13(20)18-7-5-17(6-8-18)9-12-15-14(16-21-12)11-3-1-2-4-11/h11,19H,1-10H2. The predicted molar refractivity (Wildman–Crippen MR) is 74.4 cm³/mol. The maximum Gasteiger partial charge on any atom is 0.248 e. The third-order valence-electron chi connectivity index (χ3n) is 4.42. The summed E-state index contributed by atoms with van der Waals surface area (Å²) in [5.41, 5.74) is 0. The summed E-state index contributed by atoms with van der Waals surface area (Å²) in [6.07, 6.45) is 4.85. The van der Waals surface area contributed by atoms with E-state index in [9.17, 15) is 4.79 Å². The highest BCUT2D eigenvalue weighted by atomic mass is 16.5. The molecule has 1 saturated carbocycles. The Kier molecular flexibility index (Phi) is 4.50. The van der Waals surface area contributed by atoms with Gasteiger partial charge in [-0.3, -0.25) is 9.69 Å². The van der Waals surface area contributed by atoms with Gasteiger partial charge in [0.25, 0.3) is 0 Å². The minimum Gasteiger partial charge on any atom is -0.387 e. The number of rotatable bonds is 4. The SMILES string of the molecule is O=C(CO)N1CCN(Cc2nc(C3CCCC3)no2)CC1. The predicted octanol–water partition coefficient (Wildman–Crippen LogP) is 0.364. The van der Waals surface area contributed by atoms with Gasteiger partial charge in [0.15, 0.2) is 5.82 Å². The molecule has 2 aliphatic rings. The largest absolute Gasteiger partial charge is 0.387 e. The number of amides is 1. The van der Waals surface area contributed by atoms with Gasteiger partial charge < -0.3 is 14.5 Å². The molecule has 0 unspecified atom stereocenters. The second kappa shape index (κ2) is 6.53. The molecule has 1 aliphatic heterocycles. The fraction of sp³-hybridized carbons (Fsp3) is 0.786. The van der Waals surface area contributed by atoms with Crippen molar-refractivity contribution in [3.63, 3.8) is 0 Å². The Hall–Kier alpha value is -1.47. The Bertz CT molecular complexity index is 476. The van der Waals surface area contributed by atoms with Crippen LogP contribution in [0.25, 0.3) is 0 Å². The maximum atomic E-state index is 11.4. The summed E-state index contributed by atoms with van der Waals surface area (Å²) in [7, 11) is 0. The van der Waals surface area contributed by atoms with Gasteiger partial charge in [0.2, 0.25) is 11.8 Å². The summed E-state index contributed by atoms with van der Waals surface area (Å²) in [4.78, 5) is 19.8. The van der Waals surface area contributed by atoms with Crippen molar-refractivity contribution in [3.05, 3.63) is 11.7 Å². The van der Waals surface area contributed by atoms with Crippen LogP contribution < -0.4 is 0 Å². The molecule has 0 aromatic carbocycles. The average Bonchev–Trinajstić information content (AvgIpc) is 3.18. The molecule has 1 aliphatic carbocycles. The Balaban J connectivity index is 1.50. The summed E-state index contributed by atoms with van der Waals surface area (Å²) in [5, 5.41) is 13.0. The highest BCUT2D eigenvalue weighted by Gasteiger charge is 2.24. The number of carbonyl (C=O) groups is 1. The van der Waals surface area contributed by atoms with E-state index in [1.165, 1.54) is 25.7 Å². The summed E-state index contributed by atoms with van der Waals surface area (Å²) < 4.78 is 5.35. The number of hydrogen-bond donors (Lipinski definition) is 1. The molecule has 1 aromatic rings. The Morgan fingerprint density at radius 3 is 2.62 bits per heavy atom. The zero-order valence-corrected chi connectivity index (χ0v) is 12.2. The fourth-order valence-corrected chi connectivity index (χ4v) is 3.13. The van der Waals surface area contributed by atoms with Crippen LogP contribution in [0, 0.1) is 0 Å². The van der Waals surface area contributed by atoms with Crippen LogP contribution in [0.3, 0.4) is 0 Å². The van der Waals surface area contributed by atoms with Crippen LogP contribution in [0.1, 0.15) is 43.3 Å². The Labute approximate surface area is 123 Å². The Morgan fingerprint density at radius 2 is 1.95 bits per heavy atom. The van der Waals surface area contributed by atoms with E-state index in [2.05, 4.69) is 15.0 Å². The molecule has 2 fully saturated rings. The van der Waals surface area contributed by atoms with Crippen molar-refractivity contribution < 1.29 is 14.4 Å². The van der Waals surface area contributed by atoms with Gasteiger partial charge in [0, 0.05) is 32.1 Å². The molecule has 0 radical (unpaired) electrons. The van der Waals surface area contributed by atoms with E-state index in [1.54, 1.807) is 4.90 Å². The summed E-state index contributed by atoms with van der Waals surface area (Å²) in [5.74, 6) is 1.80. The van der Waals surface area contributed by atoms with E-state index < -0.39 is 6.61 Å². The van der Waals surface area contributed by atoms with Gasteiger partial charge >= 0.3 is 0 Å². The van der Waals surface area contributed by atoms with Crippen molar-refractivity contribution in [2.24, 2.45) is 0 Å². The number of nitrogens with zero attached hydrogens (tertiary/aromatic N) is 4. The molecule has 0 spiro atoms. The van der Waals surface area contributed by atoms with Crippen LogP contribution in [0.5, 0.6) is 0 Å². The molecule has 1 N–H and O–H groups in total. The minimum atomic E-state index is -0.408. The van der Waals surface area contributed by atoms with E-state index >= 15 is 0 Å². The quantitative estimate of drug-likeness (QED) is 0.863. The second-order valence-electron chi connectivity index (χ2n) is 5.84. The number of piperazine rings is 1. The summed E-state index contributed by atoms with van der Waals surface area (Å²) in [6.45, 7) is 3.06. The molecule has 7 heteroatoms. The van der Waals surface area contributed by atoms with E-state index in [0.29, 0.717) is 31.4 Å². The van der Waals surface area contributed by atoms with Gasteiger partial charge in [-0.25, -0.2) is 0 Å². The molecule has 3 rings (SSSR count). The molecule has 1 aromatic heterocycles. The van der Waals surface area contributed by atoms with Crippen LogP contribution in [0.2, 0.25) is 0 Å². The lowest BCUT2D eigenvalue weighted by molar-refractivity contribution is -0.136. The zero-order chi connectivity index (χ0) is 14.7. The number of aliphatic hydroxyl groups is 1. The Morgan fingerprint density at radius 1 is 1.24 bits per heavy atom. The topological polar surface area (TPSA) is 82.7 Å². The molecular weight excluding hydrogens is 272 g/mol. The normalized spacial score (nSPS) is 21.1. The van der Waals surface area contributed by atoms with Crippen molar-refractivity contribution in [1.29, 1.82) is 0 Å². The summed E-state index contributed by atoms with van der Waals surface area (Å²) in [6, 6.07) is 0. The van der Waals surface area contributed by atoms with Gasteiger partial charge in [-0.1, -0.05) is 18.0 Å². The van der Waals surface area contributed by atoms with E-state index in [1.807, 2.05) is 0 Å². The third-order valence-corrected chi connectivity index (χ3v) is 4.42. The maximum absolute atomic E-state index is 11.4. The molecule has 7 nitrogen and oxygen atoms in total. The van der Waals surface area contributed by atoms with Crippen LogP contribution in [0.4, 0.5) is 0 Å². The lowest BCUT2D eigenvalue weighted by Gasteiger charge is -2.33. The van der Waals surface area contributed by atoms with Gasteiger partial charge in [0.05, 0.1) is 6.54 Å². The number of carbonyl (C=O) groups excluding carboxylic acids is 1. The first-order valence-corrected chi connectivity index (χ1v) is 7.69.